The minimum atomic E-state index is 0.297. The normalized spacial score (nSPS) is 26.8. The van der Waals surface area contributed by atoms with E-state index in [0.29, 0.717) is 5.41 Å². The minimum absolute atomic E-state index is 0.297. The van der Waals surface area contributed by atoms with Crippen molar-refractivity contribution in [3.63, 3.8) is 0 Å². The fraction of sp³-hybridized carbons (Fsp3) is 0.588. The van der Waals surface area contributed by atoms with E-state index in [9.17, 15) is 0 Å². The quantitative estimate of drug-likeness (QED) is 0.849. The lowest BCUT2D eigenvalue weighted by atomic mass is 9.87. The average Bonchev–Trinajstić information content (AvgIpc) is 3.25. The molecule has 2 aliphatic rings. The van der Waals surface area contributed by atoms with E-state index in [0.717, 1.165) is 52.5 Å². The molecule has 23 heavy (non-hydrogen) atoms. The summed E-state index contributed by atoms with van der Waals surface area (Å²) in [4.78, 5) is 11.0. The number of ether oxygens (including phenoxy) is 1. The Kier molecular flexibility index (Phi) is 4.78. The predicted molar refractivity (Wildman–Crippen MR) is 94.9 cm³/mol. The molecule has 2 aromatic heterocycles. The molecule has 0 saturated carbocycles. The second kappa shape index (κ2) is 6.99. The van der Waals surface area contributed by atoms with Gasteiger partial charge < -0.3 is 4.74 Å². The van der Waals surface area contributed by atoms with Gasteiger partial charge in [-0.2, -0.15) is 0 Å². The van der Waals surface area contributed by atoms with Crippen LogP contribution in [0.3, 0.4) is 0 Å². The highest BCUT2D eigenvalue weighted by atomic mass is 32.1. The topological polar surface area (TPSA) is 28.6 Å². The highest BCUT2D eigenvalue weighted by Crippen LogP contribution is 2.34. The molecule has 0 aliphatic carbocycles. The Balaban J connectivity index is 1.40. The smallest absolute Gasteiger partial charge is 0.107 e. The Hall–Kier alpha value is -0.790. The Morgan fingerprint density at radius 2 is 2.04 bits per heavy atom. The third kappa shape index (κ3) is 3.83. The molecule has 0 amide bonds. The Morgan fingerprint density at radius 1 is 1.13 bits per heavy atom. The molecular formula is C17H23N3OS2. The molecule has 0 unspecified atom stereocenters. The second-order valence-corrected chi connectivity index (χ2v) is 8.74. The highest BCUT2D eigenvalue weighted by Gasteiger charge is 2.41. The lowest BCUT2D eigenvalue weighted by molar-refractivity contribution is 0.0706. The van der Waals surface area contributed by atoms with Gasteiger partial charge in [0.1, 0.15) is 5.01 Å². The molecule has 0 bridgehead atoms. The van der Waals surface area contributed by atoms with Gasteiger partial charge in [0, 0.05) is 48.0 Å². The minimum Gasteiger partial charge on any atom is -0.379 e. The average molecular weight is 350 g/mol. The summed E-state index contributed by atoms with van der Waals surface area (Å²) < 4.78 is 5.99. The molecule has 0 radical (unpaired) electrons. The van der Waals surface area contributed by atoms with Crippen molar-refractivity contribution >= 4 is 22.7 Å². The zero-order chi connectivity index (χ0) is 15.5. The van der Waals surface area contributed by atoms with Crippen molar-refractivity contribution in [2.24, 2.45) is 5.41 Å². The number of rotatable bonds is 4. The highest BCUT2D eigenvalue weighted by molar-refractivity contribution is 7.10. The van der Waals surface area contributed by atoms with Crippen molar-refractivity contribution in [2.75, 3.05) is 39.4 Å². The summed E-state index contributed by atoms with van der Waals surface area (Å²) in [6.45, 7) is 8.32. The predicted octanol–water partition coefficient (Wildman–Crippen LogP) is 2.93. The summed E-state index contributed by atoms with van der Waals surface area (Å²) in [5.41, 5.74) is 0.297. The first-order valence-electron chi connectivity index (χ1n) is 8.25. The molecule has 2 aromatic rings. The van der Waals surface area contributed by atoms with E-state index >= 15 is 0 Å². The fourth-order valence-electron chi connectivity index (χ4n) is 3.77. The van der Waals surface area contributed by atoms with E-state index < -0.39 is 0 Å². The van der Waals surface area contributed by atoms with Crippen LogP contribution in [0.4, 0.5) is 0 Å². The molecule has 2 saturated heterocycles. The van der Waals surface area contributed by atoms with Crippen LogP contribution in [-0.4, -0.2) is 54.2 Å². The first kappa shape index (κ1) is 15.7. The van der Waals surface area contributed by atoms with Gasteiger partial charge in [0.15, 0.2) is 0 Å². The van der Waals surface area contributed by atoms with Crippen molar-refractivity contribution < 1.29 is 4.74 Å². The summed E-state index contributed by atoms with van der Waals surface area (Å²) >= 11 is 3.62. The van der Waals surface area contributed by atoms with E-state index in [1.54, 1.807) is 11.3 Å². The van der Waals surface area contributed by atoms with Crippen LogP contribution >= 0.6 is 22.7 Å². The zero-order valence-electron chi connectivity index (χ0n) is 13.3. The summed E-state index contributed by atoms with van der Waals surface area (Å²) in [5, 5.41) is 5.47. The van der Waals surface area contributed by atoms with Crippen LogP contribution in [0, 0.1) is 5.41 Å². The first-order chi connectivity index (χ1) is 11.3. The molecule has 124 valence electrons. The van der Waals surface area contributed by atoms with Crippen LogP contribution < -0.4 is 0 Å². The summed E-state index contributed by atoms with van der Waals surface area (Å²) in [5.74, 6) is 0. The molecule has 4 rings (SSSR count). The van der Waals surface area contributed by atoms with Crippen molar-refractivity contribution in [1.29, 1.82) is 0 Å². The summed E-state index contributed by atoms with van der Waals surface area (Å²) in [6, 6.07) is 4.39. The third-order valence-corrected chi connectivity index (χ3v) is 6.46. The largest absolute Gasteiger partial charge is 0.379 e. The van der Waals surface area contributed by atoms with Crippen LogP contribution in [-0.2, 0) is 17.8 Å². The van der Waals surface area contributed by atoms with E-state index in [4.69, 9.17) is 4.74 Å². The van der Waals surface area contributed by atoms with Crippen LogP contribution in [0.5, 0.6) is 0 Å². The van der Waals surface area contributed by atoms with Gasteiger partial charge in [0.25, 0.3) is 0 Å². The number of thiazole rings is 1. The summed E-state index contributed by atoms with van der Waals surface area (Å²) in [7, 11) is 0. The molecule has 0 aromatic carbocycles. The number of thiophene rings is 1. The zero-order valence-corrected chi connectivity index (χ0v) is 15.0. The monoisotopic (exact) mass is 349 g/mol. The number of aromatic nitrogens is 1. The maximum absolute atomic E-state index is 5.99. The van der Waals surface area contributed by atoms with E-state index in [1.807, 2.05) is 17.5 Å². The maximum Gasteiger partial charge on any atom is 0.107 e. The van der Waals surface area contributed by atoms with Crippen molar-refractivity contribution in [3.8, 4) is 0 Å². The number of hydrogen-bond acceptors (Lipinski definition) is 6. The molecule has 4 heterocycles. The van der Waals surface area contributed by atoms with Gasteiger partial charge in [-0.1, -0.05) is 6.07 Å². The van der Waals surface area contributed by atoms with E-state index in [1.165, 1.54) is 16.3 Å². The molecule has 4 nitrogen and oxygen atoms in total. The lowest BCUT2D eigenvalue weighted by Crippen LogP contribution is -2.40. The number of nitrogens with zero attached hydrogens (tertiary/aromatic N) is 3. The number of hydrogen-bond donors (Lipinski definition) is 0. The molecule has 0 N–H and O–H groups in total. The van der Waals surface area contributed by atoms with Gasteiger partial charge in [-0.05, 0) is 24.4 Å². The van der Waals surface area contributed by atoms with Gasteiger partial charge in [-0.25, -0.2) is 4.98 Å². The third-order valence-electron chi connectivity index (χ3n) is 4.84. The van der Waals surface area contributed by atoms with Crippen molar-refractivity contribution in [3.05, 3.63) is 39.0 Å². The van der Waals surface area contributed by atoms with E-state index in [2.05, 4.69) is 37.7 Å². The molecule has 1 spiro atoms. The van der Waals surface area contributed by atoms with Crippen LogP contribution in [0.2, 0.25) is 0 Å². The Morgan fingerprint density at radius 3 is 2.83 bits per heavy atom. The molecule has 6 heteroatoms. The second-order valence-electron chi connectivity index (χ2n) is 6.73. The van der Waals surface area contributed by atoms with Crippen LogP contribution in [0.15, 0.2) is 29.1 Å². The van der Waals surface area contributed by atoms with Gasteiger partial charge >= 0.3 is 0 Å². The van der Waals surface area contributed by atoms with Crippen molar-refractivity contribution in [2.45, 2.75) is 19.5 Å². The lowest BCUT2D eigenvalue weighted by Gasteiger charge is -2.31. The molecule has 2 aliphatic heterocycles. The molecular weight excluding hydrogens is 326 g/mol. The molecule has 1 atom stereocenters. The fourth-order valence-corrected chi connectivity index (χ4v) is 5.17. The number of likely N-dealkylation sites (tertiary alicyclic amines) is 1. The van der Waals surface area contributed by atoms with Crippen LogP contribution in [0.25, 0.3) is 0 Å². The molecule has 2 fully saturated rings. The standard InChI is InChI=1S/C17H23N3OS2/c1-2-15(22-8-1)10-20-6-7-21-14-17(13-20)3-5-19(12-17)11-16-18-4-9-23-16/h1-2,4,8-9H,3,5-7,10-14H2/t17-/m1/s1. The van der Waals surface area contributed by atoms with Crippen molar-refractivity contribution in [1.82, 2.24) is 14.8 Å². The Labute approximate surface area is 145 Å². The SMILES string of the molecule is c1csc(CN2CCOC[C@@]3(CCN(Cc4nccs4)C3)C2)c1. The first-order valence-corrected chi connectivity index (χ1v) is 10.0. The van der Waals surface area contributed by atoms with Gasteiger partial charge in [-0.3, -0.25) is 9.80 Å². The van der Waals surface area contributed by atoms with E-state index in [-0.39, 0.29) is 0 Å². The Bertz CT molecular complexity index is 601. The van der Waals surface area contributed by atoms with Gasteiger partial charge in [0.05, 0.1) is 19.8 Å². The summed E-state index contributed by atoms with van der Waals surface area (Å²) in [6.07, 6.45) is 3.14. The maximum atomic E-state index is 5.99. The van der Waals surface area contributed by atoms with Gasteiger partial charge in [-0.15, -0.1) is 22.7 Å². The van der Waals surface area contributed by atoms with Crippen LogP contribution in [0.1, 0.15) is 16.3 Å². The van der Waals surface area contributed by atoms with Gasteiger partial charge in [0.2, 0.25) is 0 Å².